The number of fused-ring (bicyclic) bond motifs is 2. The molecule has 0 aliphatic carbocycles. The standard InChI is InChI=1S/C19H21N5O/c1-13-11-22(3)15-7-4-5-8-16(15)23(12-13)19(25)17-14(2)21-24-10-6-9-20-18(17)24/h4-10,13H,11-12H2,1-3H3/t13-/m1/s1. The van der Waals surface area contributed by atoms with Crippen LogP contribution < -0.4 is 9.80 Å². The minimum Gasteiger partial charge on any atom is -0.373 e. The molecule has 0 N–H and O–H groups in total. The molecule has 0 spiro atoms. The topological polar surface area (TPSA) is 53.7 Å². The molecule has 6 heteroatoms. The summed E-state index contributed by atoms with van der Waals surface area (Å²) in [5.41, 5.74) is 3.89. The van der Waals surface area contributed by atoms with Crippen LogP contribution in [0.15, 0.2) is 42.7 Å². The fraction of sp³-hybridized carbons (Fsp3) is 0.316. The minimum absolute atomic E-state index is 0.0409. The van der Waals surface area contributed by atoms with Crippen LogP contribution in [-0.2, 0) is 0 Å². The number of benzene rings is 1. The summed E-state index contributed by atoms with van der Waals surface area (Å²) in [7, 11) is 2.07. The van der Waals surface area contributed by atoms with Crippen molar-refractivity contribution in [3.8, 4) is 0 Å². The van der Waals surface area contributed by atoms with E-state index >= 15 is 0 Å². The fourth-order valence-corrected chi connectivity index (χ4v) is 3.62. The first-order valence-electron chi connectivity index (χ1n) is 8.48. The number of nitrogens with zero attached hydrogens (tertiary/aromatic N) is 5. The Hall–Kier alpha value is -2.89. The average Bonchev–Trinajstić information content (AvgIpc) is 2.88. The maximum absolute atomic E-state index is 13.5. The van der Waals surface area contributed by atoms with Gasteiger partial charge < -0.3 is 9.80 Å². The smallest absolute Gasteiger partial charge is 0.264 e. The van der Waals surface area contributed by atoms with Crippen molar-refractivity contribution in [2.24, 2.45) is 5.92 Å². The summed E-state index contributed by atoms with van der Waals surface area (Å²) in [6.45, 7) is 5.61. The highest BCUT2D eigenvalue weighted by atomic mass is 16.2. The van der Waals surface area contributed by atoms with E-state index in [1.807, 2.05) is 42.3 Å². The van der Waals surface area contributed by atoms with E-state index in [1.165, 1.54) is 0 Å². The lowest BCUT2D eigenvalue weighted by Crippen LogP contribution is -2.35. The molecule has 0 saturated heterocycles. The predicted octanol–water partition coefficient (Wildman–Crippen LogP) is 2.77. The first kappa shape index (κ1) is 15.6. The number of hydrogen-bond acceptors (Lipinski definition) is 4. The third-order valence-electron chi connectivity index (χ3n) is 4.69. The highest BCUT2D eigenvalue weighted by Crippen LogP contribution is 2.34. The number of rotatable bonds is 1. The Balaban J connectivity index is 1.86. The van der Waals surface area contributed by atoms with Crippen molar-refractivity contribution in [2.45, 2.75) is 13.8 Å². The summed E-state index contributed by atoms with van der Waals surface area (Å²) in [6.07, 6.45) is 3.51. The van der Waals surface area contributed by atoms with Crippen molar-refractivity contribution in [1.29, 1.82) is 0 Å². The first-order valence-corrected chi connectivity index (χ1v) is 8.48. The minimum atomic E-state index is -0.0409. The Kier molecular flexibility index (Phi) is 3.67. The highest BCUT2D eigenvalue weighted by molar-refractivity contribution is 6.12. The summed E-state index contributed by atoms with van der Waals surface area (Å²) in [5.74, 6) is 0.317. The van der Waals surface area contributed by atoms with E-state index in [0.717, 1.165) is 17.9 Å². The number of anilines is 2. The van der Waals surface area contributed by atoms with Crippen LogP contribution in [-0.4, -0.2) is 40.6 Å². The summed E-state index contributed by atoms with van der Waals surface area (Å²) in [4.78, 5) is 21.9. The molecule has 1 aromatic carbocycles. The van der Waals surface area contributed by atoms with Crippen LogP contribution in [0.4, 0.5) is 11.4 Å². The quantitative estimate of drug-likeness (QED) is 0.686. The van der Waals surface area contributed by atoms with E-state index < -0.39 is 0 Å². The molecule has 6 nitrogen and oxygen atoms in total. The van der Waals surface area contributed by atoms with Gasteiger partial charge in [0.05, 0.1) is 17.1 Å². The highest BCUT2D eigenvalue weighted by Gasteiger charge is 2.30. The van der Waals surface area contributed by atoms with E-state index in [1.54, 1.807) is 10.7 Å². The number of amides is 1. The molecule has 1 aliphatic heterocycles. The first-order chi connectivity index (χ1) is 12.1. The molecular formula is C19H21N5O. The maximum atomic E-state index is 13.5. The van der Waals surface area contributed by atoms with Gasteiger partial charge in [0.2, 0.25) is 0 Å². The van der Waals surface area contributed by atoms with E-state index in [9.17, 15) is 4.79 Å². The van der Waals surface area contributed by atoms with Gasteiger partial charge in [-0.3, -0.25) is 4.79 Å². The Morgan fingerprint density at radius 3 is 2.72 bits per heavy atom. The Morgan fingerprint density at radius 2 is 1.92 bits per heavy atom. The van der Waals surface area contributed by atoms with Gasteiger partial charge in [0.25, 0.3) is 5.91 Å². The second kappa shape index (κ2) is 5.88. The molecule has 3 heterocycles. The molecular weight excluding hydrogens is 314 g/mol. The number of hydrogen-bond donors (Lipinski definition) is 0. The molecule has 0 unspecified atom stereocenters. The molecule has 3 aromatic rings. The zero-order valence-corrected chi connectivity index (χ0v) is 14.7. The molecule has 25 heavy (non-hydrogen) atoms. The molecule has 1 amide bonds. The van der Waals surface area contributed by atoms with Gasteiger partial charge in [-0.2, -0.15) is 5.10 Å². The molecule has 2 aromatic heterocycles. The zero-order chi connectivity index (χ0) is 17.6. The molecule has 0 radical (unpaired) electrons. The Morgan fingerprint density at radius 1 is 1.16 bits per heavy atom. The second-order valence-electron chi connectivity index (χ2n) is 6.74. The van der Waals surface area contributed by atoms with Crippen LogP contribution in [0.25, 0.3) is 5.65 Å². The number of aromatic nitrogens is 3. The van der Waals surface area contributed by atoms with E-state index in [0.29, 0.717) is 29.4 Å². The summed E-state index contributed by atoms with van der Waals surface area (Å²) in [5, 5.41) is 4.44. The van der Waals surface area contributed by atoms with E-state index in [-0.39, 0.29) is 5.91 Å². The van der Waals surface area contributed by atoms with Crippen molar-refractivity contribution in [3.63, 3.8) is 0 Å². The molecule has 0 saturated carbocycles. The average molecular weight is 335 g/mol. The van der Waals surface area contributed by atoms with Crippen LogP contribution in [0.3, 0.4) is 0 Å². The summed E-state index contributed by atoms with van der Waals surface area (Å²) in [6, 6.07) is 9.87. The van der Waals surface area contributed by atoms with Crippen LogP contribution in [0.1, 0.15) is 23.0 Å². The lowest BCUT2D eigenvalue weighted by molar-refractivity contribution is 0.0985. The number of para-hydroxylation sites is 2. The van der Waals surface area contributed by atoms with Gasteiger partial charge in [0, 0.05) is 32.5 Å². The van der Waals surface area contributed by atoms with Crippen molar-refractivity contribution >= 4 is 22.9 Å². The third kappa shape index (κ3) is 2.54. The molecule has 0 fully saturated rings. The monoisotopic (exact) mass is 335 g/mol. The number of carbonyl (C=O) groups is 1. The van der Waals surface area contributed by atoms with Gasteiger partial charge in [-0.15, -0.1) is 0 Å². The molecule has 1 atom stereocenters. The van der Waals surface area contributed by atoms with Gasteiger partial charge in [-0.25, -0.2) is 9.50 Å². The molecule has 1 aliphatic rings. The van der Waals surface area contributed by atoms with E-state index in [2.05, 4.69) is 35.0 Å². The van der Waals surface area contributed by atoms with Crippen LogP contribution in [0.5, 0.6) is 0 Å². The van der Waals surface area contributed by atoms with Gasteiger partial charge in [-0.05, 0) is 31.0 Å². The second-order valence-corrected chi connectivity index (χ2v) is 6.74. The fourth-order valence-electron chi connectivity index (χ4n) is 3.62. The van der Waals surface area contributed by atoms with Gasteiger partial charge in [0.15, 0.2) is 5.65 Å². The maximum Gasteiger partial charge on any atom is 0.264 e. The molecule has 128 valence electrons. The largest absolute Gasteiger partial charge is 0.373 e. The predicted molar refractivity (Wildman–Crippen MR) is 98.3 cm³/mol. The van der Waals surface area contributed by atoms with Crippen LogP contribution in [0, 0.1) is 12.8 Å². The van der Waals surface area contributed by atoms with Crippen molar-refractivity contribution < 1.29 is 4.79 Å². The van der Waals surface area contributed by atoms with Crippen LogP contribution in [0.2, 0.25) is 0 Å². The van der Waals surface area contributed by atoms with E-state index in [4.69, 9.17) is 0 Å². The molecule has 4 rings (SSSR count). The summed E-state index contributed by atoms with van der Waals surface area (Å²) >= 11 is 0. The number of carbonyl (C=O) groups excluding carboxylic acids is 1. The number of aryl methyl sites for hydroxylation is 1. The summed E-state index contributed by atoms with van der Waals surface area (Å²) < 4.78 is 1.67. The Labute approximate surface area is 146 Å². The normalized spacial score (nSPS) is 17.5. The van der Waals surface area contributed by atoms with Gasteiger partial charge in [0.1, 0.15) is 5.56 Å². The lowest BCUT2D eigenvalue weighted by Gasteiger charge is -2.24. The van der Waals surface area contributed by atoms with Gasteiger partial charge >= 0.3 is 0 Å². The van der Waals surface area contributed by atoms with Crippen molar-refractivity contribution in [2.75, 3.05) is 29.9 Å². The van der Waals surface area contributed by atoms with Crippen LogP contribution >= 0.6 is 0 Å². The lowest BCUT2D eigenvalue weighted by atomic mass is 10.1. The Bertz CT molecular complexity index is 948. The van der Waals surface area contributed by atoms with Gasteiger partial charge in [-0.1, -0.05) is 19.1 Å². The van der Waals surface area contributed by atoms with Crippen molar-refractivity contribution in [3.05, 3.63) is 54.0 Å². The molecule has 0 bridgehead atoms. The SMILES string of the molecule is Cc1nn2cccnc2c1C(=O)N1C[C@H](C)CN(C)c2ccccc21. The zero-order valence-electron chi connectivity index (χ0n) is 14.7. The third-order valence-corrected chi connectivity index (χ3v) is 4.69. The van der Waals surface area contributed by atoms with Crippen molar-refractivity contribution in [1.82, 2.24) is 14.6 Å².